The quantitative estimate of drug-likeness (QED) is 0.190. The van der Waals surface area contributed by atoms with Gasteiger partial charge in [0.05, 0.1) is 17.6 Å². The van der Waals surface area contributed by atoms with Crippen LogP contribution < -0.4 is 26.0 Å². The summed E-state index contributed by atoms with van der Waals surface area (Å²) in [6, 6.07) is 26.1. The van der Waals surface area contributed by atoms with Gasteiger partial charge in [-0.05, 0) is 60.1 Å². The fourth-order valence-corrected chi connectivity index (χ4v) is 7.20. The van der Waals surface area contributed by atoms with Crippen molar-refractivity contribution in [2.24, 2.45) is 0 Å². The molecule has 6 aromatic rings. The molecule has 2 aromatic heterocycles. The molecule has 4 aromatic carbocycles. The van der Waals surface area contributed by atoms with Crippen LogP contribution in [-0.4, -0.2) is 34.9 Å². The van der Waals surface area contributed by atoms with E-state index >= 15 is 8.78 Å². The number of ether oxygens (including phenoxy) is 2. The van der Waals surface area contributed by atoms with Crippen molar-refractivity contribution in [1.82, 2.24) is 14.0 Å². The first-order chi connectivity index (χ1) is 22.8. The number of fused-ring (bicyclic) bond motifs is 2. The largest absolute Gasteiger partial charge is 0.454 e. The van der Waals surface area contributed by atoms with Crippen LogP contribution >= 0.6 is 11.3 Å². The molecule has 1 N–H and O–H groups in total. The van der Waals surface area contributed by atoms with Crippen molar-refractivity contribution in [3.63, 3.8) is 0 Å². The Bertz CT molecular complexity index is 2210. The van der Waals surface area contributed by atoms with Gasteiger partial charge < -0.3 is 14.8 Å². The minimum Gasteiger partial charge on any atom is -0.454 e. The van der Waals surface area contributed by atoms with Gasteiger partial charge in [-0.25, -0.2) is 18.1 Å². The van der Waals surface area contributed by atoms with Gasteiger partial charge in [0.1, 0.15) is 16.5 Å². The van der Waals surface area contributed by atoms with E-state index in [4.69, 9.17) is 9.47 Å². The van der Waals surface area contributed by atoms with Gasteiger partial charge in [0.15, 0.2) is 11.5 Å². The summed E-state index contributed by atoms with van der Waals surface area (Å²) >= 11 is 1.26. The summed E-state index contributed by atoms with van der Waals surface area (Å²) in [6.07, 6.45) is 0. The zero-order valence-corrected chi connectivity index (χ0v) is 26.4. The first kappa shape index (κ1) is 30.4. The van der Waals surface area contributed by atoms with Crippen molar-refractivity contribution in [3.05, 3.63) is 140 Å². The van der Waals surface area contributed by atoms with Crippen LogP contribution in [0.5, 0.6) is 11.5 Å². The molecular formula is C36H30F2N4O4S. The molecule has 0 fully saturated rings. The summed E-state index contributed by atoms with van der Waals surface area (Å²) in [5, 5.41) is 3.42. The molecule has 0 aliphatic carbocycles. The number of nitrogens with one attached hydrogen (secondary N) is 1. The zero-order chi connectivity index (χ0) is 32.7. The first-order valence-corrected chi connectivity index (χ1v) is 15.8. The maximum Gasteiger partial charge on any atom is 0.337 e. The van der Waals surface area contributed by atoms with Crippen LogP contribution in [-0.2, 0) is 19.6 Å². The number of anilines is 1. The van der Waals surface area contributed by atoms with Crippen LogP contribution in [0.3, 0.4) is 0 Å². The highest BCUT2D eigenvalue weighted by Crippen LogP contribution is 2.39. The van der Waals surface area contributed by atoms with Crippen molar-refractivity contribution in [3.8, 4) is 27.6 Å². The lowest BCUT2D eigenvalue weighted by atomic mass is 10.1. The molecule has 0 atom stereocenters. The van der Waals surface area contributed by atoms with Crippen LogP contribution in [0.15, 0.2) is 101 Å². The van der Waals surface area contributed by atoms with Crippen LogP contribution in [0, 0.1) is 11.6 Å². The van der Waals surface area contributed by atoms with Crippen molar-refractivity contribution in [1.29, 1.82) is 0 Å². The number of benzene rings is 4. The predicted octanol–water partition coefficient (Wildman–Crippen LogP) is 6.61. The van der Waals surface area contributed by atoms with Crippen LogP contribution in [0.2, 0.25) is 0 Å². The Kier molecular flexibility index (Phi) is 8.09. The molecule has 0 unspecified atom stereocenters. The van der Waals surface area contributed by atoms with E-state index in [1.165, 1.54) is 22.0 Å². The average Bonchev–Trinajstić information content (AvgIpc) is 3.69. The van der Waals surface area contributed by atoms with Crippen LogP contribution in [0.25, 0.3) is 26.3 Å². The first-order valence-electron chi connectivity index (χ1n) is 15.0. The molecule has 0 spiro atoms. The molecule has 0 saturated carbocycles. The molecule has 1 aliphatic rings. The summed E-state index contributed by atoms with van der Waals surface area (Å²) in [5.41, 5.74) is 2.28. The fraction of sp³-hybridized carbons (Fsp3) is 0.167. The summed E-state index contributed by atoms with van der Waals surface area (Å²) < 4.78 is 43.4. The number of rotatable bonds is 9. The second-order valence-electron chi connectivity index (χ2n) is 11.3. The Morgan fingerprint density at radius 1 is 0.851 bits per heavy atom. The number of thiophene rings is 1. The van der Waals surface area contributed by atoms with Gasteiger partial charge >= 0.3 is 5.69 Å². The van der Waals surface area contributed by atoms with Gasteiger partial charge in [-0.3, -0.25) is 14.3 Å². The number of halogens is 2. The van der Waals surface area contributed by atoms with Crippen molar-refractivity contribution in [2.45, 2.75) is 19.6 Å². The summed E-state index contributed by atoms with van der Waals surface area (Å²) in [7, 11) is 3.79. The highest BCUT2D eigenvalue weighted by Gasteiger charge is 2.26. The number of aromatic nitrogens is 2. The number of hydrogen-bond acceptors (Lipinski definition) is 7. The Labute approximate surface area is 272 Å². The summed E-state index contributed by atoms with van der Waals surface area (Å²) in [4.78, 5) is 32.1. The zero-order valence-electron chi connectivity index (χ0n) is 25.6. The Balaban J connectivity index is 1.50. The molecule has 0 saturated heterocycles. The van der Waals surface area contributed by atoms with E-state index in [9.17, 15) is 9.59 Å². The smallest absolute Gasteiger partial charge is 0.337 e. The SMILES string of the molecule is CNc1ccc(-c2sc3c(c2CN(C)Cc2ccccc2)c(=O)n(-c2ccc4c(c2)OCO4)c(=O)n3Cc2c(F)cccc2F)cc1. The summed E-state index contributed by atoms with van der Waals surface area (Å²) in [5.74, 6) is -0.692. The Hall–Kier alpha value is -5.26. The molecule has 0 radical (unpaired) electrons. The van der Waals surface area contributed by atoms with Gasteiger partial charge in [-0.15, -0.1) is 11.3 Å². The van der Waals surface area contributed by atoms with E-state index in [0.717, 1.165) is 38.4 Å². The van der Waals surface area contributed by atoms with Gasteiger partial charge in [0.25, 0.3) is 5.56 Å². The average molecular weight is 653 g/mol. The van der Waals surface area contributed by atoms with E-state index in [0.29, 0.717) is 40.4 Å². The van der Waals surface area contributed by atoms with Crippen molar-refractivity contribution in [2.75, 3.05) is 26.2 Å². The third-order valence-corrected chi connectivity index (χ3v) is 9.53. The van der Waals surface area contributed by atoms with E-state index in [1.54, 1.807) is 18.2 Å². The lowest BCUT2D eigenvalue weighted by molar-refractivity contribution is 0.174. The van der Waals surface area contributed by atoms with E-state index in [1.807, 2.05) is 68.7 Å². The third-order valence-electron chi connectivity index (χ3n) is 8.22. The molecule has 238 valence electrons. The van der Waals surface area contributed by atoms with E-state index in [2.05, 4.69) is 10.2 Å². The predicted molar refractivity (Wildman–Crippen MR) is 180 cm³/mol. The van der Waals surface area contributed by atoms with Crippen molar-refractivity contribution >= 4 is 27.2 Å². The van der Waals surface area contributed by atoms with Gasteiger partial charge in [0.2, 0.25) is 6.79 Å². The second-order valence-corrected chi connectivity index (χ2v) is 12.3. The molecule has 11 heteroatoms. The van der Waals surface area contributed by atoms with Gasteiger partial charge in [-0.2, -0.15) is 0 Å². The monoisotopic (exact) mass is 652 g/mol. The molecular weight excluding hydrogens is 622 g/mol. The topological polar surface area (TPSA) is 77.7 Å². The third kappa shape index (κ3) is 5.68. The maximum absolute atomic E-state index is 15.1. The Morgan fingerprint density at radius 2 is 1.57 bits per heavy atom. The maximum atomic E-state index is 15.1. The van der Waals surface area contributed by atoms with Gasteiger partial charge in [-0.1, -0.05) is 48.5 Å². The number of nitrogens with zero attached hydrogens (tertiary/aromatic N) is 3. The molecule has 1 aliphatic heterocycles. The molecule has 47 heavy (non-hydrogen) atoms. The number of hydrogen-bond donors (Lipinski definition) is 1. The minimum atomic E-state index is -0.784. The highest BCUT2D eigenvalue weighted by atomic mass is 32.1. The van der Waals surface area contributed by atoms with Crippen LogP contribution in [0.1, 0.15) is 16.7 Å². The highest BCUT2D eigenvalue weighted by molar-refractivity contribution is 7.22. The normalized spacial score (nSPS) is 12.3. The van der Waals surface area contributed by atoms with E-state index in [-0.39, 0.29) is 18.0 Å². The van der Waals surface area contributed by atoms with E-state index < -0.39 is 29.4 Å². The standard InChI is InChI=1S/C36H30F2N4O4S/c1-39-24-13-11-23(12-14-24)33-27(19-40(2)18-22-7-4-3-5-8-22)32-34(43)42(25-15-16-30-31(17-25)46-21-45-30)36(44)41(35(32)47-33)20-26-28(37)9-6-10-29(26)38/h3-17,39H,18-21H2,1-2H3. The second kappa shape index (κ2) is 12.5. The summed E-state index contributed by atoms with van der Waals surface area (Å²) in [6.45, 7) is 0.561. The molecule has 3 heterocycles. The molecule has 8 nitrogen and oxygen atoms in total. The van der Waals surface area contributed by atoms with Crippen molar-refractivity contribution < 1.29 is 18.3 Å². The van der Waals surface area contributed by atoms with Crippen LogP contribution in [0.4, 0.5) is 14.5 Å². The lowest BCUT2D eigenvalue weighted by Gasteiger charge is -2.18. The molecule has 0 amide bonds. The molecule has 0 bridgehead atoms. The minimum absolute atomic E-state index is 0.0155. The van der Waals surface area contributed by atoms with Gasteiger partial charge in [0, 0.05) is 42.3 Å². The molecule has 7 rings (SSSR count). The lowest BCUT2D eigenvalue weighted by Crippen LogP contribution is -2.39. The fourth-order valence-electron chi connectivity index (χ4n) is 5.89. The Morgan fingerprint density at radius 3 is 2.30 bits per heavy atom.